The fourth-order valence-corrected chi connectivity index (χ4v) is 6.17. The molecule has 0 aliphatic rings. The zero-order valence-corrected chi connectivity index (χ0v) is 21.9. The molecule has 0 saturated carbocycles. The van der Waals surface area contributed by atoms with Gasteiger partial charge in [0, 0.05) is 16.8 Å². The molecule has 0 amide bonds. The summed E-state index contributed by atoms with van der Waals surface area (Å²) in [4.78, 5) is 0. The van der Waals surface area contributed by atoms with Crippen LogP contribution >= 0.6 is 0 Å². The number of hydrogen-bond donors (Lipinski definition) is 0. The van der Waals surface area contributed by atoms with Gasteiger partial charge in [0.1, 0.15) is 7.05 Å². The van der Waals surface area contributed by atoms with Gasteiger partial charge in [0.15, 0.2) is 6.20 Å². The van der Waals surface area contributed by atoms with Crippen LogP contribution in [0.5, 0.6) is 0 Å². The van der Waals surface area contributed by atoms with Crippen LogP contribution < -0.4 is 4.57 Å². The van der Waals surface area contributed by atoms with Gasteiger partial charge in [-0.3, -0.25) is 0 Å². The first-order chi connectivity index (χ1) is 17.2. The van der Waals surface area contributed by atoms with Gasteiger partial charge in [-0.25, -0.2) is 4.57 Å². The van der Waals surface area contributed by atoms with E-state index in [1.807, 2.05) is 0 Å². The lowest BCUT2D eigenvalue weighted by Crippen LogP contribution is -2.29. The van der Waals surface area contributed by atoms with E-state index in [0.717, 1.165) is 0 Å². The molecule has 2 nitrogen and oxygen atoms in total. The van der Waals surface area contributed by atoms with Crippen LogP contribution in [0.15, 0.2) is 79.0 Å². The zero-order chi connectivity index (χ0) is 24.9. The molecule has 0 spiro atoms. The van der Waals surface area contributed by atoms with Gasteiger partial charge in [-0.15, -0.1) is 0 Å². The monoisotopic (exact) mass is 467 g/mol. The lowest BCUT2D eigenvalue weighted by molar-refractivity contribution is -0.643. The quantitative estimate of drug-likeness (QED) is 0.130. The molecule has 176 valence electrons. The average molecular weight is 468 g/mol. The number of fused-ring (bicyclic) bond motifs is 5. The first-order valence-electron chi connectivity index (χ1n) is 12.9. The SMILES string of the molecule is Cc1cc2c3cc(C(C)(C)C)ccc3n3c4cc(-c5ccccc5)cc5cc[n+](C)c(c(c1C)c23)c54. The Hall–Kier alpha value is -3.91. The molecular formula is C34H31N2+. The second-order valence-electron chi connectivity index (χ2n) is 11.5. The Morgan fingerprint density at radius 3 is 2.25 bits per heavy atom. The Labute approximate surface area is 211 Å². The fraction of sp³-hybridized carbons (Fsp3) is 0.206. The Kier molecular flexibility index (Phi) is 4.20. The summed E-state index contributed by atoms with van der Waals surface area (Å²) in [6.07, 6.45) is 2.22. The molecule has 7 rings (SSSR count). The van der Waals surface area contributed by atoms with E-state index in [1.54, 1.807) is 0 Å². The maximum Gasteiger partial charge on any atom is 0.224 e. The molecule has 0 atom stereocenters. The Morgan fingerprint density at radius 1 is 0.722 bits per heavy atom. The van der Waals surface area contributed by atoms with Crippen LogP contribution in [0.1, 0.15) is 37.5 Å². The second kappa shape index (κ2) is 7.07. The minimum Gasteiger partial charge on any atom is -0.307 e. The summed E-state index contributed by atoms with van der Waals surface area (Å²) in [5.74, 6) is 0. The van der Waals surface area contributed by atoms with Crippen LogP contribution in [0.2, 0.25) is 0 Å². The number of aryl methyl sites for hydroxylation is 3. The molecule has 0 radical (unpaired) electrons. The minimum absolute atomic E-state index is 0.0985. The summed E-state index contributed by atoms with van der Waals surface area (Å²) in [5, 5.41) is 6.68. The van der Waals surface area contributed by atoms with Crippen LogP contribution in [0, 0.1) is 13.8 Å². The van der Waals surface area contributed by atoms with Crippen molar-refractivity contribution in [2.45, 2.75) is 40.0 Å². The van der Waals surface area contributed by atoms with Crippen molar-refractivity contribution in [3.63, 3.8) is 0 Å². The lowest BCUT2D eigenvalue weighted by atomic mass is 9.86. The first kappa shape index (κ1) is 21.4. The van der Waals surface area contributed by atoms with Crippen molar-refractivity contribution >= 4 is 49.0 Å². The number of aromatic nitrogens is 2. The van der Waals surface area contributed by atoms with E-state index >= 15 is 0 Å². The summed E-state index contributed by atoms with van der Waals surface area (Å²) >= 11 is 0. The van der Waals surface area contributed by atoms with Gasteiger partial charge in [0.25, 0.3) is 0 Å². The Bertz CT molecular complexity index is 1980. The van der Waals surface area contributed by atoms with Crippen molar-refractivity contribution in [2.75, 3.05) is 0 Å². The largest absolute Gasteiger partial charge is 0.307 e. The maximum atomic E-state index is 2.54. The van der Waals surface area contributed by atoms with Crippen LogP contribution in [0.4, 0.5) is 0 Å². The van der Waals surface area contributed by atoms with Gasteiger partial charge >= 0.3 is 0 Å². The van der Waals surface area contributed by atoms with E-state index in [1.165, 1.54) is 76.8 Å². The predicted octanol–water partition coefficient (Wildman–Crippen LogP) is 8.40. The van der Waals surface area contributed by atoms with Crippen molar-refractivity contribution < 1.29 is 4.57 Å². The van der Waals surface area contributed by atoms with Gasteiger partial charge < -0.3 is 4.40 Å². The van der Waals surface area contributed by atoms with E-state index in [9.17, 15) is 0 Å². The summed E-state index contributed by atoms with van der Waals surface area (Å²) in [7, 11) is 2.19. The molecule has 0 aliphatic carbocycles. The molecule has 2 heteroatoms. The number of nitrogens with zero attached hydrogens (tertiary/aromatic N) is 2. The molecule has 0 unspecified atom stereocenters. The highest BCUT2D eigenvalue weighted by Gasteiger charge is 2.26. The molecule has 0 fully saturated rings. The second-order valence-corrected chi connectivity index (χ2v) is 11.5. The normalized spacial score (nSPS) is 12.7. The van der Waals surface area contributed by atoms with E-state index < -0.39 is 0 Å². The Balaban J connectivity index is 1.81. The van der Waals surface area contributed by atoms with Crippen LogP contribution in [0.3, 0.4) is 0 Å². The number of benzene rings is 4. The third kappa shape index (κ3) is 2.76. The summed E-state index contributed by atoms with van der Waals surface area (Å²) < 4.78 is 4.86. The number of rotatable bonds is 1. The van der Waals surface area contributed by atoms with Crippen LogP contribution in [-0.4, -0.2) is 4.40 Å². The number of pyridine rings is 2. The van der Waals surface area contributed by atoms with E-state index in [2.05, 4.69) is 130 Å². The molecule has 0 saturated heterocycles. The highest BCUT2D eigenvalue weighted by Crippen LogP contribution is 2.43. The van der Waals surface area contributed by atoms with Crippen molar-refractivity contribution in [3.8, 4) is 11.1 Å². The van der Waals surface area contributed by atoms with Crippen LogP contribution in [-0.2, 0) is 12.5 Å². The molecule has 0 N–H and O–H groups in total. The standard InChI is InChI=1S/C34H31N2/c1-20-16-27-26-19-25(34(3,4)5)12-13-28(26)36-29-18-24(22-10-8-7-9-11-22)17-23-14-15-35(6)33(31(23)29)30(21(20)2)32(27)36/h7-19H,1-6H3/q+1. The van der Waals surface area contributed by atoms with E-state index in [-0.39, 0.29) is 5.41 Å². The van der Waals surface area contributed by atoms with Crippen LogP contribution in [0.25, 0.3) is 60.1 Å². The molecule has 0 aliphatic heterocycles. The third-order valence-corrected chi connectivity index (χ3v) is 8.24. The van der Waals surface area contributed by atoms with Crippen molar-refractivity contribution in [1.29, 1.82) is 0 Å². The Morgan fingerprint density at radius 2 is 1.50 bits per heavy atom. The van der Waals surface area contributed by atoms with Crippen molar-refractivity contribution in [2.24, 2.45) is 7.05 Å². The molecule has 3 aromatic heterocycles. The maximum absolute atomic E-state index is 2.54. The summed E-state index contributed by atoms with van der Waals surface area (Å²) in [6, 6.07) is 27.3. The van der Waals surface area contributed by atoms with Crippen molar-refractivity contribution in [3.05, 3.63) is 95.7 Å². The van der Waals surface area contributed by atoms with Gasteiger partial charge in [-0.2, -0.15) is 0 Å². The number of hydrogen-bond acceptors (Lipinski definition) is 0. The van der Waals surface area contributed by atoms with Gasteiger partial charge in [-0.05, 0) is 82.8 Å². The summed E-state index contributed by atoms with van der Waals surface area (Å²) in [5.41, 5.74) is 11.9. The lowest BCUT2D eigenvalue weighted by Gasteiger charge is -2.19. The van der Waals surface area contributed by atoms with Gasteiger partial charge in [0.05, 0.1) is 27.3 Å². The highest BCUT2D eigenvalue weighted by molar-refractivity contribution is 6.26. The van der Waals surface area contributed by atoms with E-state index in [4.69, 9.17) is 0 Å². The first-order valence-corrected chi connectivity index (χ1v) is 12.9. The third-order valence-electron chi connectivity index (χ3n) is 8.24. The fourth-order valence-electron chi connectivity index (χ4n) is 6.17. The van der Waals surface area contributed by atoms with E-state index in [0.29, 0.717) is 0 Å². The molecule has 4 aromatic carbocycles. The highest BCUT2D eigenvalue weighted by atomic mass is 15.0. The predicted molar refractivity (Wildman–Crippen MR) is 153 cm³/mol. The average Bonchev–Trinajstić information content (AvgIpc) is 3.19. The zero-order valence-electron chi connectivity index (χ0n) is 21.9. The summed E-state index contributed by atoms with van der Waals surface area (Å²) in [6.45, 7) is 11.4. The van der Waals surface area contributed by atoms with Gasteiger partial charge in [0.2, 0.25) is 5.52 Å². The topological polar surface area (TPSA) is 8.29 Å². The smallest absolute Gasteiger partial charge is 0.224 e. The van der Waals surface area contributed by atoms with Crippen molar-refractivity contribution in [1.82, 2.24) is 4.40 Å². The molecule has 0 bridgehead atoms. The molecule has 3 heterocycles. The molecule has 7 aromatic rings. The van der Waals surface area contributed by atoms with Gasteiger partial charge in [-0.1, -0.05) is 57.2 Å². The molecule has 36 heavy (non-hydrogen) atoms. The molecular weight excluding hydrogens is 436 g/mol. The minimum atomic E-state index is 0.0985.